The number of aromatic nitrogens is 1. The maximum atomic E-state index is 5.78. The van der Waals surface area contributed by atoms with Gasteiger partial charge in [0, 0.05) is 18.3 Å². The molecule has 0 aliphatic rings. The van der Waals surface area contributed by atoms with Crippen molar-refractivity contribution in [2.75, 3.05) is 7.11 Å². The van der Waals surface area contributed by atoms with Gasteiger partial charge in [0.05, 0.1) is 7.11 Å². The zero-order chi connectivity index (χ0) is 13.8. The van der Waals surface area contributed by atoms with Gasteiger partial charge in [0.1, 0.15) is 0 Å². The number of hydrogen-bond acceptors (Lipinski definition) is 4. The molecule has 1 aromatic carbocycles. The Labute approximate surface area is 113 Å². The highest BCUT2D eigenvalue weighted by molar-refractivity contribution is 5.44. The van der Waals surface area contributed by atoms with Gasteiger partial charge < -0.3 is 15.2 Å². The second-order valence-electron chi connectivity index (χ2n) is 4.47. The van der Waals surface area contributed by atoms with E-state index in [1.165, 1.54) is 0 Å². The molecule has 2 aromatic rings. The number of nitrogens with two attached hydrogens (primary N) is 1. The number of pyridine rings is 1. The van der Waals surface area contributed by atoms with Crippen molar-refractivity contribution in [1.82, 2.24) is 4.98 Å². The molecule has 1 aromatic heterocycles. The van der Waals surface area contributed by atoms with E-state index in [1.54, 1.807) is 19.4 Å². The summed E-state index contributed by atoms with van der Waals surface area (Å²) < 4.78 is 11.0. The molecule has 0 aliphatic heterocycles. The Morgan fingerprint density at radius 3 is 2.53 bits per heavy atom. The zero-order valence-electron chi connectivity index (χ0n) is 11.4. The van der Waals surface area contributed by atoms with E-state index in [-0.39, 0.29) is 6.04 Å². The molecule has 100 valence electrons. The van der Waals surface area contributed by atoms with Crippen molar-refractivity contribution in [3.05, 3.63) is 47.7 Å². The van der Waals surface area contributed by atoms with E-state index in [4.69, 9.17) is 15.2 Å². The van der Waals surface area contributed by atoms with Gasteiger partial charge in [-0.3, -0.25) is 0 Å². The van der Waals surface area contributed by atoms with Gasteiger partial charge in [0.15, 0.2) is 11.5 Å². The number of ether oxygens (including phenoxy) is 2. The lowest BCUT2D eigenvalue weighted by molar-refractivity contribution is 0.373. The molecule has 2 N–H and O–H groups in total. The summed E-state index contributed by atoms with van der Waals surface area (Å²) in [5.41, 5.74) is 7.87. The minimum absolute atomic E-state index is 0.0320. The average molecular weight is 258 g/mol. The van der Waals surface area contributed by atoms with Crippen molar-refractivity contribution in [2.45, 2.75) is 19.9 Å². The van der Waals surface area contributed by atoms with E-state index >= 15 is 0 Å². The number of rotatable bonds is 4. The minimum atomic E-state index is -0.0320. The monoisotopic (exact) mass is 258 g/mol. The Kier molecular flexibility index (Phi) is 4.02. The lowest BCUT2D eigenvalue weighted by atomic mass is 10.2. The summed E-state index contributed by atoms with van der Waals surface area (Å²) in [7, 11) is 1.62. The van der Waals surface area contributed by atoms with Crippen LogP contribution in [0.15, 0.2) is 36.5 Å². The van der Waals surface area contributed by atoms with Crippen LogP contribution in [0.4, 0.5) is 0 Å². The third-order valence-corrected chi connectivity index (χ3v) is 2.82. The highest BCUT2D eigenvalue weighted by Crippen LogP contribution is 2.31. The fraction of sp³-hybridized carbons (Fsp3) is 0.267. The topological polar surface area (TPSA) is 57.4 Å². The van der Waals surface area contributed by atoms with Crippen LogP contribution in [-0.2, 0) is 0 Å². The lowest BCUT2D eigenvalue weighted by Crippen LogP contribution is -2.05. The molecule has 0 unspecified atom stereocenters. The first-order valence-corrected chi connectivity index (χ1v) is 6.14. The first kappa shape index (κ1) is 13.4. The Balaban J connectivity index is 2.21. The summed E-state index contributed by atoms with van der Waals surface area (Å²) in [4.78, 5) is 4.24. The number of nitrogens with zero attached hydrogens (tertiary/aromatic N) is 1. The Hall–Kier alpha value is -2.07. The van der Waals surface area contributed by atoms with E-state index in [9.17, 15) is 0 Å². The van der Waals surface area contributed by atoms with Crippen molar-refractivity contribution < 1.29 is 9.47 Å². The maximum absolute atomic E-state index is 5.78. The highest BCUT2D eigenvalue weighted by Gasteiger charge is 2.07. The average Bonchev–Trinajstić information content (AvgIpc) is 2.41. The molecule has 19 heavy (non-hydrogen) atoms. The van der Waals surface area contributed by atoms with Crippen LogP contribution in [0, 0.1) is 6.92 Å². The predicted molar refractivity (Wildman–Crippen MR) is 74.6 cm³/mol. The fourth-order valence-corrected chi connectivity index (χ4v) is 1.69. The molecule has 0 saturated carbocycles. The van der Waals surface area contributed by atoms with Crippen LogP contribution < -0.4 is 15.2 Å². The van der Waals surface area contributed by atoms with E-state index < -0.39 is 0 Å². The first-order valence-electron chi connectivity index (χ1n) is 6.14. The van der Waals surface area contributed by atoms with E-state index in [1.807, 2.05) is 38.1 Å². The fourth-order valence-electron chi connectivity index (χ4n) is 1.69. The van der Waals surface area contributed by atoms with Gasteiger partial charge in [-0.2, -0.15) is 0 Å². The van der Waals surface area contributed by atoms with Crippen LogP contribution in [0.25, 0.3) is 0 Å². The molecule has 1 atom stereocenters. The molecule has 0 aliphatic carbocycles. The molecule has 1 heterocycles. The van der Waals surface area contributed by atoms with E-state index in [2.05, 4.69) is 4.98 Å². The first-order chi connectivity index (χ1) is 9.10. The van der Waals surface area contributed by atoms with Gasteiger partial charge in [-0.05, 0) is 37.1 Å². The molecule has 0 amide bonds. The molecular weight excluding hydrogens is 240 g/mol. The van der Waals surface area contributed by atoms with Crippen molar-refractivity contribution >= 4 is 0 Å². The lowest BCUT2D eigenvalue weighted by Gasteiger charge is -2.11. The second kappa shape index (κ2) is 5.71. The standard InChI is InChI=1S/C15H18N2O2/c1-10-4-6-13(14(8-10)18-3)19-15-7-5-12(9-17-15)11(2)16/h4-9,11H,16H2,1-3H3/t11-/m1/s1. The molecule has 4 heteroatoms. The van der Waals surface area contributed by atoms with Crippen LogP contribution in [-0.4, -0.2) is 12.1 Å². The molecule has 2 rings (SSSR count). The van der Waals surface area contributed by atoms with Crippen LogP contribution in [0.5, 0.6) is 17.4 Å². The summed E-state index contributed by atoms with van der Waals surface area (Å²) >= 11 is 0. The van der Waals surface area contributed by atoms with Gasteiger partial charge in [0.2, 0.25) is 5.88 Å². The summed E-state index contributed by atoms with van der Waals surface area (Å²) in [6, 6.07) is 9.44. The largest absolute Gasteiger partial charge is 0.493 e. The molecule has 0 saturated heterocycles. The summed E-state index contributed by atoms with van der Waals surface area (Å²) in [5, 5.41) is 0. The van der Waals surface area contributed by atoms with E-state index in [0.717, 1.165) is 11.1 Å². The van der Waals surface area contributed by atoms with Crippen LogP contribution >= 0.6 is 0 Å². The molecule has 0 bridgehead atoms. The van der Waals surface area contributed by atoms with Crippen molar-refractivity contribution in [2.24, 2.45) is 5.73 Å². The molecule has 0 fully saturated rings. The SMILES string of the molecule is COc1cc(C)ccc1Oc1ccc([C@@H](C)N)cn1. The highest BCUT2D eigenvalue weighted by atomic mass is 16.5. The predicted octanol–water partition coefficient (Wildman–Crippen LogP) is 3.21. The Bertz CT molecular complexity index is 551. The van der Waals surface area contributed by atoms with Crippen molar-refractivity contribution in [1.29, 1.82) is 0 Å². The van der Waals surface area contributed by atoms with Crippen LogP contribution in [0.3, 0.4) is 0 Å². The zero-order valence-corrected chi connectivity index (χ0v) is 11.4. The minimum Gasteiger partial charge on any atom is -0.493 e. The number of benzene rings is 1. The number of methoxy groups -OCH3 is 1. The van der Waals surface area contributed by atoms with Gasteiger partial charge in [-0.15, -0.1) is 0 Å². The summed E-state index contributed by atoms with van der Waals surface area (Å²) in [5.74, 6) is 1.86. The molecule has 4 nitrogen and oxygen atoms in total. The number of aryl methyl sites for hydroxylation is 1. The molecule has 0 spiro atoms. The molecular formula is C15H18N2O2. The van der Waals surface area contributed by atoms with Gasteiger partial charge in [0.25, 0.3) is 0 Å². The number of hydrogen-bond donors (Lipinski definition) is 1. The normalized spacial score (nSPS) is 12.0. The quantitative estimate of drug-likeness (QED) is 0.914. The third kappa shape index (κ3) is 3.23. The Morgan fingerprint density at radius 1 is 1.16 bits per heavy atom. The van der Waals surface area contributed by atoms with Crippen LogP contribution in [0.2, 0.25) is 0 Å². The van der Waals surface area contributed by atoms with Gasteiger partial charge >= 0.3 is 0 Å². The summed E-state index contributed by atoms with van der Waals surface area (Å²) in [6.07, 6.45) is 1.72. The van der Waals surface area contributed by atoms with Crippen molar-refractivity contribution in [3.63, 3.8) is 0 Å². The molecule has 0 radical (unpaired) electrons. The van der Waals surface area contributed by atoms with E-state index in [0.29, 0.717) is 17.4 Å². The third-order valence-electron chi connectivity index (χ3n) is 2.82. The van der Waals surface area contributed by atoms with Gasteiger partial charge in [-0.1, -0.05) is 12.1 Å². The van der Waals surface area contributed by atoms with Crippen molar-refractivity contribution in [3.8, 4) is 17.4 Å². The van der Waals surface area contributed by atoms with Crippen LogP contribution in [0.1, 0.15) is 24.1 Å². The Morgan fingerprint density at radius 2 is 1.95 bits per heavy atom. The van der Waals surface area contributed by atoms with Gasteiger partial charge in [-0.25, -0.2) is 4.98 Å². The smallest absolute Gasteiger partial charge is 0.219 e. The summed E-state index contributed by atoms with van der Waals surface area (Å²) in [6.45, 7) is 3.92. The maximum Gasteiger partial charge on any atom is 0.219 e. The second-order valence-corrected chi connectivity index (χ2v) is 4.47.